The molecule has 0 fully saturated rings. The third-order valence-electron chi connectivity index (χ3n) is 4.70. The molecule has 27 heavy (non-hydrogen) atoms. The number of hydrogen-bond donors (Lipinski definition) is 2. The van der Waals surface area contributed by atoms with Crippen LogP contribution in [0, 0.1) is 13.8 Å². The number of anilines is 2. The first-order chi connectivity index (χ1) is 13.0. The van der Waals surface area contributed by atoms with Gasteiger partial charge >= 0.3 is 0 Å². The number of amides is 1. The molecule has 1 aromatic heterocycles. The molecule has 136 valence electrons. The molecule has 0 unspecified atom stereocenters. The summed E-state index contributed by atoms with van der Waals surface area (Å²) in [6, 6.07) is 15.3. The summed E-state index contributed by atoms with van der Waals surface area (Å²) in [6.45, 7) is 5.88. The van der Waals surface area contributed by atoms with Gasteiger partial charge in [-0.05, 0) is 48.4 Å². The van der Waals surface area contributed by atoms with E-state index in [0.717, 1.165) is 28.1 Å². The first-order valence-corrected chi connectivity index (χ1v) is 8.74. The summed E-state index contributed by atoms with van der Waals surface area (Å²) >= 11 is 0. The van der Waals surface area contributed by atoms with Crippen LogP contribution in [0.2, 0.25) is 0 Å². The van der Waals surface area contributed by atoms with Gasteiger partial charge in [-0.2, -0.15) is 4.68 Å². The van der Waals surface area contributed by atoms with E-state index in [0.29, 0.717) is 11.5 Å². The van der Waals surface area contributed by atoms with Crippen molar-refractivity contribution in [3.63, 3.8) is 0 Å². The minimum Gasteiger partial charge on any atom is -0.326 e. The van der Waals surface area contributed by atoms with Crippen LogP contribution in [0.1, 0.15) is 29.7 Å². The van der Waals surface area contributed by atoms with Gasteiger partial charge in [-0.25, -0.2) is 0 Å². The van der Waals surface area contributed by atoms with Gasteiger partial charge in [-0.3, -0.25) is 4.79 Å². The van der Waals surface area contributed by atoms with Crippen LogP contribution in [-0.2, 0) is 4.79 Å². The van der Waals surface area contributed by atoms with Gasteiger partial charge in [0.05, 0.1) is 5.57 Å². The van der Waals surface area contributed by atoms with E-state index in [1.54, 1.807) is 4.68 Å². The van der Waals surface area contributed by atoms with Crippen molar-refractivity contribution in [1.29, 1.82) is 0 Å². The topological polar surface area (TPSA) is 84.7 Å². The van der Waals surface area contributed by atoms with E-state index in [9.17, 15) is 4.79 Å². The number of aromatic nitrogens is 4. The first kappa shape index (κ1) is 17.0. The minimum absolute atomic E-state index is 0.179. The largest absolute Gasteiger partial charge is 0.326 e. The van der Waals surface area contributed by atoms with Crippen LogP contribution in [0.5, 0.6) is 0 Å². The van der Waals surface area contributed by atoms with E-state index < -0.39 is 6.04 Å². The molecule has 7 heteroatoms. The molecule has 1 aliphatic heterocycles. The lowest BCUT2D eigenvalue weighted by Gasteiger charge is -2.28. The molecule has 7 nitrogen and oxygen atoms in total. The highest BCUT2D eigenvalue weighted by Gasteiger charge is 2.34. The van der Waals surface area contributed by atoms with Crippen molar-refractivity contribution in [2.45, 2.75) is 26.8 Å². The van der Waals surface area contributed by atoms with Gasteiger partial charge in [0, 0.05) is 11.4 Å². The molecular formula is C20H20N6O. The van der Waals surface area contributed by atoms with Gasteiger partial charge in [0.25, 0.3) is 5.91 Å². The average molecular weight is 360 g/mol. The van der Waals surface area contributed by atoms with Crippen molar-refractivity contribution in [1.82, 2.24) is 20.2 Å². The molecule has 2 heterocycles. The number of nitrogens with zero attached hydrogens (tertiary/aromatic N) is 4. The fourth-order valence-electron chi connectivity index (χ4n) is 3.39. The fourth-order valence-corrected chi connectivity index (χ4v) is 3.39. The molecule has 0 bridgehead atoms. The van der Waals surface area contributed by atoms with Crippen molar-refractivity contribution < 1.29 is 4.79 Å². The molecule has 0 saturated carbocycles. The van der Waals surface area contributed by atoms with Crippen LogP contribution in [0.4, 0.5) is 11.6 Å². The Morgan fingerprint density at radius 2 is 1.89 bits per heavy atom. The standard InChI is InChI=1S/C20H20N6O/c1-12-9-10-16(13(2)11-12)22-19(27)17-14(3)21-20-23-24-25-26(20)18(17)15-7-5-4-6-8-15/h4-11,18H,1-3H3,(H,22,27)(H,21,23,25)/t18-/m1/s1. The Bertz CT molecular complexity index is 1040. The van der Waals surface area contributed by atoms with Gasteiger partial charge in [0.1, 0.15) is 6.04 Å². The molecule has 0 spiro atoms. The van der Waals surface area contributed by atoms with Crippen LogP contribution in [0.3, 0.4) is 0 Å². The van der Waals surface area contributed by atoms with Crippen LogP contribution in [-0.4, -0.2) is 26.1 Å². The minimum atomic E-state index is -0.400. The Labute approximate surface area is 157 Å². The molecule has 0 saturated heterocycles. The summed E-state index contributed by atoms with van der Waals surface area (Å²) < 4.78 is 1.64. The quantitative estimate of drug-likeness (QED) is 0.749. The zero-order valence-corrected chi connectivity index (χ0v) is 15.4. The molecule has 1 atom stereocenters. The number of nitrogens with one attached hydrogen (secondary N) is 2. The number of benzene rings is 2. The van der Waals surface area contributed by atoms with E-state index in [1.807, 2.05) is 69.3 Å². The second-order valence-electron chi connectivity index (χ2n) is 6.70. The molecule has 4 rings (SSSR count). The zero-order chi connectivity index (χ0) is 19.0. The molecule has 2 aromatic carbocycles. The Morgan fingerprint density at radius 1 is 1.11 bits per heavy atom. The number of carbonyl (C=O) groups excluding carboxylic acids is 1. The Balaban J connectivity index is 1.75. The first-order valence-electron chi connectivity index (χ1n) is 8.74. The van der Waals surface area contributed by atoms with E-state index in [4.69, 9.17) is 0 Å². The summed E-state index contributed by atoms with van der Waals surface area (Å²) in [5, 5.41) is 18.0. The Hall–Kier alpha value is -3.48. The lowest BCUT2D eigenvalue weighted by Crippen LogP contribution is -2.31. The summed E-state index contributed by atoms with van der Waals surface area (Å²) in [5.74, 6) is 0.339. The molecule has 3 aromatic rings. The fraction of sp³-hybridized carbons (Fsp3) is 0.200. The van der Waals surface area contributed by atoms with E-state index in [2.05, 4.69) is 26.2 Å². The lowest BCUT2D eigenvalue weighted by molar-refractivity contribution is -0.113. The van der Waals surface area contributed by atoms with Gasteiger partial charge in [0.2, 0.25) is 5.95 Å². The smallest absolute Gasteiger partial charge is 0.255 e. The maximum atomic E-state index is 13.2. The van der Waals surface area contributed by atoms with Crippen molar-refractivity contribution in [3.8, 4) is 0 Å². The van der Waals surface area contributed by atoms with Gasteiger partial charge in [-0.15, -0.1) is 0 Å². The Morgan fingerprint density at radius 3 is 2.63 bits per heavy atom. The normalized spacial score (nSPS) is 15.9. The molecule has 0 aliphatic carbocycles. The number of aryl methyl sites for hydroxylation is 2. The van der Waals surface area contributed by atoms with Crippen LogP contribution in [0.25, 0.3) is 0 Å². The zero-order valence-electron chi connectivity index (χ0n) is 15.4. The number of hydrogen-bond acceptors (Lipinski definition) is 5. The van der Waals surface area contributed by atoms with Crippen molar-refractivity contribution in [2.75, 3.05) is 10.6 Å². The summed E-state index contributed by atoms with van der Waals surface area (Å²) in [6.07, 6.45) is 0. The average Bonchev–Trinajstić information content (AvgIpc) is 3.11. The van der Waals surface area contributed by atoms with Crippen LogP contribution >= 0.6 is 0 Å². The number of allylic oxidation sites excluding steroid dienone is 1. The molecular weight excluding hydrogens is 340 g/mol. The third-order valence-corrected chi connectivity index (χ3v) is 4.70. The van der Waals surface area contributed by atoms with Crippen LogP contribution < -0.4 is 10.6 Å². The van der Waals surface area contributed by atoms with Crippen molar-refractivity contribution in [3.05, 3.63) is 76.5 Å². The predicted molar refractivity (Wildman–Crippen MR) is 103 cm³/mol. The second-order valence-corrected chi connectivity index (χ2v) is 6.70. The number of rotatable bonds is 3. The lowest BCUT2D eigenvalue weighted by atomic mass is 9.95. The van der Waals surface area contributed by atoms with E-state index >= 15 is 0 Å². The SMILES string of the molecule is CC1=C(C(=O)Nc2ccc(C)cc2C)[C@@H](c2ccccc2)n2nnnc2N1. The highest BCUT2D eigenvalue weighted by molar-refractivity contribution is 6.06. The molecule has 1 amide bonds. The van der Waals surface area contributed by atoms with E-state index in [-0.39, 0.29) is 5.91 Å². The highest BCUT2D eigenvalue weighted by Crippen LogP contribution is 2.34. The summed E-state index contributed by atoms with van der Waals surface area (Å²) in [4.78, 5) is 13.2. The molecule has 1 aliphatic rings. The van der Waals surface area contributed by atoms with Gasteiger partial charge < -0.3 is 10.6 Å². The predicted octanol–water partition coefficient (Wildman–Crippen LogP) is 3.22. The van der Waals surface area contributed by atoms with E-state index in [1.165, 1.54) is 0 Å². The monoisotopic (exact) mass is 360 g/mol. The highest BCUT2D eigenvalue weighted by atomic mass is 16.1. The van der Waals surface area contributed by atoms with Gasteiger partial charge in [0.15, 0.2) is 0 Å². The molecule has 2 N–H and O–H groups in total. The van der Waals surface area contributed by atoms with Crippen molar-refractivity contribution in [2.24, 2.45) is 0 Å². The van der Waals surface area contributed by atoms with Crippen molar-refractivity contribution >= 4 is 17.5 Å². The second kappa shape index (κ2) is 6.68. The number of tetrazole rings is 1. The van der Waals surface area contributed by atoms with Crippen LogP contribution in [0.15, 0.2) is 59.8 Å². The maximum absolute atomic E-state index is 13.2. The summed E-state index contributed by atoms with van der Waals surface area (Å²) in [7, 11) is 0. The number of fused-ring (bicyclic) bond motifs is 1. The third kappa shape index (κ3) is 3.08. The van der Waals surface area contributed by atoms with Gasteiger partial charge in [-0.1, -0.05) is 53.1 Å². The summed E-state index contributed by atoms with van der Waals surface area (Å²) in [5.41, 5.74) is 5.22. The molecule has 0 radical (unpaired) electrons. The number of carbonyl (C=O) groups is 1. The maximum Gasteiger partial charge on any atom is 0.255 e. The Kier molecular flexibility index (Phi) is 4.19.